The minimum absolute atomic E-state index is 0.0238. The van der Waals surface area contributed by atoms with E-state index in [9.17, 15) is 19.8 Å². The molecule has 8 nitrogen and oxygen atoms in total. The number of ether oxygens (including phenoxy) is 1. The summed E-state index contributed by atoms with van der Waals surface area (Å²) in [6.45, 7) is 3.90. The van der Waals surface area contributed by atoms with E-state index < -0.39 is 24.1 Å². The summed E-state index contributed by atoms with van der Waals surface area (Å²) >= 11 is 0. The van der Waals surface area contributed by atoms with E-state index in [4.69, 9.17) is 10.5 Å². The summed E-state index contributed by atoms with van der Waals surface area (Å²) in [7, 11) is 0. The zero-order valence-corrected chi connectivity index (χ0v) is 16.2. The average Bonchev–Trinajstić information content (AvgIpc) is 2.98. The number of fused-ring (bicyclic) bond motifs is 1. The van der Waals surface area contributed by atoms with Crippen LogP contribution in [0.25, 0.3) is 10.9 Å². The molecule has 3 aromatic rings. The number of Topliss-reactive ketones (excluding diaryl/α,β-unsaturated/α-hetero) is 1. The SMILES string of the molecule is CCC(Oc1nccc2c1c(C(=O)C(N)O)c(C)n2Cc1ccccc1)C(=O)O. The number of ketones is 1. The van der Waals surface area contributed by atoms with Crippen LogP contribution >= 0.6 is 0 Å². The third kappa shape index (κ3) is 3.98. The third-order valence-electron chi connectivity index (χ3n) is 4.80. The van der Waals surface area contributed by atoms with Gasteiger partial charge in [-0.2, -0.15) is 0 Å². The van der Waals surface area contributed by atoms with E-state index in [0.29, 0.717) is 23.1 Å². The van der Waals surface area contributed by atoms with Crippen molar-refractivity contribution in [1.29, 1.82) is 0 Å². The normalized spacial score (nSPS) is 13.2. The first-order valence-corrected chi connectivity index (χ1v) is 9.24. The molecule has 0 saturated heterocycles. The maximum absolute atomic E-state index is 12.7. The molecule has 4 N–H and O–H groups in total. The van der Waals surface area contributed by atoms with Gasteiger partial charge in [0, 0.05) is 18.4 Å². The van der Waals surface area contributed by atoms with Crippen LogP contribution in [0.15, 0.2) is 42.6 Å². The molecule has 0 radical (unpaired) electrons. The minimum Gasteiger partial charge on any atom is -0.479 e. The molecular weight excluding hydrogens is 374 g/mol. The van der Waals surface area contributed by atoms with E-state index in [2.05, 4.69) is 4.98 Å². The molecule has 0 spiro atoms. The molecule has 0 fully saturated rings. The first-order chi connectivity index (χ1) is 13.8. The van der Waals surface area contributed by atoms with Crippen LogP contribution < -0.4 is 10.5 Å². The number of nitrogens with zero attached hydrogens (tertiary/aromatic N) is 2. The second-order valence-electron chi connectivity index (χ2n) is 6.70. The van der Waals surface area contributed by atoms with Gasteiger partial charge in [-0.05, 0) is 25.0 Å². The number of carbonyl (C=O) groups is 2. The van der Waals surface area contributed by atoms with E-state index in [0.717, 1.165) is 5.56 Å². The molecule has 0 aliphatic rings. The summed E-state index contributed by atoms with van der Waals surface area (Å²) in [5.74, 6) is -1.78. The number of aromatic nitrogens is 2. The lowest BCUT2D eigenvalue weighted by molar-refractivity contribution is -0.145. The molecule has 0 aliphatic carbocycles. The van der Waals surface area contributed by atoms with Crippen molar-refractivity contribution >= 4 is 22.7 Å². The van der Waals surface area contributed by atoms with Crippen LogP contribution in [0.2, 0.25) is 0 Å². The molecule has 0 aliphatic heterocycles. The lowest BCUT2D eigenvalue weighted by Gasteiger charge is -2.14. The van der Waals surface area contributed by atoms with Gasteiger partial charge in [0.05, 0.1) is 16.5 Å². The average molecular weight is 397 g/mol. The Morgan fingerprint density at radius 3 is 2.52 bits per heavy atom. The van der Waals surface area contributed by atoms with Crippen molar-refractivity contribution in [3.05, 3.63) is 59.4 Å². The third-order valence-corrected chi connectivity index (χ3v) is 4.80. The number of pyridine rings is 1. The molecule has 2 aromatic heterocycles. The van der Waals surface area contributed by atoms with Gasteiger partial charge in [-0.25, -0.2) is 9.78 Å². The highest BCUT2D eigenvalue weighted by molar-refractivity contribution is 6.12. The zero-order chi connectivity index (χ0) is 21.1. The van der Waals surface area contributed by atoms with Crippen molar-refractivity contribution in [1.82, 2.24) is 9.55 Å². The van der Waals surface area contributed by atoms with Gasteiger partial charge in [0.2, 0.25) is 11.7 Å². The van der Waals surface area contributed by atoms with E-state index in [-0.39, 0.29) is 17.9 Å². The number of carbonyl (C=O) groups excluding carboxylic acids is 1. The Kier molecular flexibility index (Phi) is 5.95. The van der Waals surface area contributed by atoms with Gasteiger partial charge in [-0.15, -0.1) is 0 Å². The molecule has 1 aromatic carbocycles. The van der Waals surface area contributed by atoms with Gasteiger partial charge in [0.1, 0.15) is 0 Å². The van der Waals surface area contributed by atoms with Crippen LogP contribution in [-0.2, 0) is 11.3 Å². The van der Waals surface area contributed by atoms with Crippen LogP contribution in [0.5, 0.6) is 5.88 Å². The molecule has 152 valence electrons. The van der Waals surface area contributed by atoms with Crippen molar-refractivity contribution in [2.45, 2.75) is 39.1 Å². The maximum atomic E-state index is 12.7. The number of carboxylic acids is 1. The molecule has 8 heteroatoms. The van der Waals surface area contributed by atoms with Gasteiger partial charge < -0.3 is 19.5 Å². The van der Waals surface area contributed by atoms with Gasteiger partial charge in [0.15, 0.2) is 12.3 Å². The van der Waals surface area contributed by atoms with Crippen molar-refractivity contribution in [3.63, 3.8) is 0 Å². The van der Waals surface area contributed by atoms with Crippen LogP contribution in [0.3, 0.4) is 0 Å². The van der Waals surface area contributed by atoms with Crippen molar-refractivity contribution < 1.29 is 24.5 Å². The Bertz CT molecular complexity index is 1040. The fourth-order valence-corrected chi connectivity index (χ4v) is 3.34. The Labute approximate surface area is 167 Å². The van der Waals surface area contributed by atoms with Crippen molar-refractivity contribution in [3.8, 4) is 5.88 Å². The summed E-state index contributed by atoms with van der Waals surface area (Å²) in [5, 5.41) is 19.4. The predicted octanol–water partition coefficient (Wildman–Crippen LogP) is 2.09. The van der Waals surface area contributed by atoms with Crippen LogP contribution in [0.1, 0.15) is 35.0 Å². The minimum atomic E-state index is -1.71. The van der Waals surface area contributed by atoms with Crippen molar-refractivity contribution in [2.75, 3.05) is 0 Å². The molecule has 2 atom stereocenters. The van der Waals surface area contributed by atoms with Crippen LogP contribution in [0, 0.1) is 6.92 Å². The topological polar surface area (TPSA) is 128 Å². The Morgan fingerprint density at radius 2 is 1.93 bits per heavy atom. The van der Waals surface area contributed by atoms with Crippen molar-refractivity contribution in [2.24, 2.45) is 5.73 Å². The standard InChI is InChI=1S/C21H23N3O5/c1-3-15(21(27)28)29-20-17-14(9-10-23-20)24(11-13-7-5-4-6-8-13)12(2)16(17)18(25)19(22)26/h4-10,15,19,26H,3,11,22H2,1-2H3,(H,27,28). The van der Waals surface area contributed by atoms with E-state index in [1.807, 2.05) is 34.9 Å². The van der Waals surface area contributed by atoms with Gasteiger partial charge in [0.25, 0.3) is 0 Å². The lowest BCUT2D eigenvalue weighted by Crippen LogP contribution is -2.30. The summed E-state index contributed by atoms with van der Waals surface area (Å²) in [4.78, 5) is 28.3. The largest absolute Gasteiger partial charge is 0.479 e. The maximum Gasteiger partial charge on any atom is 0.344 e. The highest BCUT2D eigenvalue weighted by Crippen LogP contribution is 2.34. The molecule has 29 heavy (non-hydrogen) atoms. The monoisotopic (exact) mass is 397 g/mol. The highest BCUT2D eigenvalue weighted by atomic mass is 16.5. The Morgan fingerprint density at radius 1 is 1.24 bits per heavy atom. The summed E-state index contributed by atoms with van der Waals surface area (Å²) in [6, 6.07) is 11.4. The zero-order valence-electron chi connectivity index (χ0n) is 16.2. The van der Waals surface area contributed by atoms with E-state index in [1.54, 1.807) is 19.9 Å². The number of aliphatic carboxylic acids is 1. The van der Waals surface area contributed by atoms with Gasteiger partial charge >= 0.3 is 5.97 Å². The predicted molar refractivity (Wildman–Crippen MR) is 107 cm³/mol. The van der Waals surface area contributed by atoms with E-state index in [1.165, 1.54) is 6.20 Å². The smallest absolute Gasteiger partial charge is 0.344 e. The molecule has 2 heterocycles. The summed E-state index contributed by atoms with van der Waals surface area (Å²) < 4.78 is 7.53. The number of hydrogen-bond donors (Lipinski definition) is 3. The number of benzene rings is 1. The molecule has 0 amide bonds. The quantitative estimate of drug-likeness (QED) is 0.392. The van der Waals surface area contributed by atoms with Crippen LogP contribution in [-0.4, -0.2) is 43.8 Å². The molecule has 0 bridgehead atoms. The Balaban J connectivity index is 2.23. The van der Waals surface area contributed by atoms with E-state index >= 15 is 0 Å². The fourth-order valence-electron chi connectivity index (χ4n) is 3.34. The number of aliphatic hydroxyl groups excluding tert-OH is 1. The van der Waals surface area contributed by atoms with Gasteiger partial charge in [-0.3, -0.25) is 10.5 Å². The molecule has 2 unspecified atom stereocenters. The second-order valence-corrected chi connectivity index (χ2v) is 6.70. The molecular formula is C21H23N3O5. The lowest BCUT2D eigenvalue weighted by atomic mass is 10.1. The number of hydrogen-bond acceptors (Lipinski definition) is 6. The second kappa shape index (κ2) is 8.42. The summed E-state index contributed by atoms with van der Waals surface area (Å²) in [6.07, 6.45) is -1.10. The van der Waals surface area contributed by atoms with Gasteiger partial charge in [-0.1, -0.05) is 37.3 Å². The first-order valence-electron chi connectivity index (χ1n) is 9.24. The molecule has 0 saturated carbocycles. The number of nitrogens with two attached hydrogens (primary N) is 1. The number of carboxylic acid groups (broad SMARTS) is 1. The number of aliphatic hydroxyl groups is 1. The Hall–Kier alpha value is -3.23. The fraction of sp³-hybridized carbons (Fsp3) is 0.286. The molecule has 3 rings (SSSR count). The number of rotatable bonds is 8. The highest BCUT2D eigenvalue weighted by Gasteiger charge is 2.28. The first kappa shape index (κ1) is 20.5. The van der Waals surface area contributed by atoms with Crippen LogP contribution in [0.4, 0.5) is 0 Å². The summed E-state index contributed by atoms with van der Waals surface area (Å²) in [5.41, 5.74) is 7.86.